The molecule has 0 radical (unpaired) electrons. The number of aryl methyl sites for hydroxylation is 1. The lowest BCUT2D eigenvalue weighted by Crippen LogP contribution is -2.19. The molecule has 0 saturated heterocycles. The summed E-state index contributed by atoms with van der Waals surface area (Å²) in [6, 6.07) is 14.9. The molecule has 0 heterocycles. The Hall–Kier alpha value is -3.38. The van der Waals surface area contributed by atoms with E-state index in [0.717, 1.165) is 11.6 Å². The van der Waals surface area contributed by atoms with Gasteiger partial charge in [0.25, 0.3) is 10.0 Å². The van der Waals surface area contributed by atoms with E-state index in [1.54, 1.807) is 25.1 Å². The van der Waals surface area contributed by atoms with Crippen molar-refractivity contribution in [3.05, 3.63) is 89.5 Å². The second-order valence-electron chi connectivity index (χ2n) is 6.77. The van der Waals surface area contributed by atoms with Gasteiger partial charge in [0, 0.05) is 5.56 Å². The first-order valence-electron chi connectivity index (χ1n) is 9.21. The third kappa shape index (κ3) is 6.11. The number of rotatable bonds is 7. The maximum absolute atomic E-state index is 13.2. The Balaban J connectivity index is 1.97. The number of nitrogens with one attached hydrogen (secondary N) is 1. The zero-order chi connectivity index (χ0) is 24.3. The molecule has 1 N–H and O–H groups in total. The monoisotopic (exact) mass is 498 g/mol. The van der Waals surface area contributed by atoms with Crippen molar-refractivity contribution in [2.45, 2.75) is 22.9 Å². The van der Waals surface area contributed by atoms with Crippen LogP contribution in [0.15, 0.2) is 87.7 Å². The highest BCUT2D eigenvalue weighted by Gasteiger charge is 2.32. The summed E-state index contributed by atoms with van der Waals surface area (Å²) in [4.78, 5) is 1.10. The number of alkyl halides is 3. The van der Waals surface area contributed by atoms with Gasteiger partial charge in [-0.15, -0.1) is 0 Å². The summed E-state index contributed by atoms with van der Waals surface area (Å²) in [5.74, 6) is -0.0552. The summed E-state index contributed by atoms with van der Waals surface area (Å²) < 4.78 is 94.5. The molecule has 7 nitrogen and oxygen atoms in total. The van der Waals surface area contributed by atoms with Crippen molar-refractivity contribution in [2.24, 2.45) is 5.10 Å². The third-order valence-corrected chi connectivity index (χ3v) is 6.82. The van der Waals surface area contributed by atoms with Gasteiger partial charge in [-0.25, -0.2) is 4.83 Å². The molecule has 3 aromatic rings. The van der Waals surface area contributed by atoms with Crippen LogP contribution in [-0.2, 0) is 26.3 Å². The van der Waals surface area contributed by atoms with Gasteiger partial charge in [0.05, 0.1) is 16.7 Å². The standard InChI is InChI=1S/C21H17F3N2O5S2/c1-15-7-10-19(11-8-15)32(27,28)26-25-14-16-13-17(21(22,23)24)9-12-20(16)33(29,30)31-18-5-3-2-4-6-18/h2-14,26H,1H3/b25-14+. The van der Waals surface area contributed by atoms with Crippen LogP contribution in [0.1, 0.15) is 16.7 Å². The largest absolute Gasteiger partial charge is 0.416 e. The Labute approximate surface area is 188 Å². The lowest BCUT2D eigenvalue weighted by molar-refractivity contribution is -0.137. The molecule has 0 spiro atoms. The highest BCUT2D eigenvalue weighted by molar-refractivity contribution is 7.89. The molecule has 3 aromatic carbocycles. The Kier molecular flexibility index (Phi) is 6.79. The van der Waals surface area contributed by atoms with Gasteiger partial charge < -0.3 is 4.18 Å². The summed E-state index contributed by atoms with van der Waals surface area (Å²) >= 11 is 0. The molecule has 0 fully saturated rings. The van der Waals surface area contributed by atoms with Crippen molar-refractivity contribution in [3.63, 3.8) is 0 Å². The fourth-order valence-electron chi connectivity index (χ4n) is 2.64. The topological polar surface area (TPSA) is 102 Å². The lowest BCUT2D eigenvalue weighted by atomic mass is 10.1. The lowest BCUT2D eigenvalue weighted by Gasteiger charge is -2.12. The fraction of sp³-hybridized carbons (Fsp3) is 0.0952. The van der Waals surface area contributed by atoms with Gasteiger partial charge in [0.15, 0.2) is 0 Å². The van der Waals surface area contributed by atoms with Gasteiger partial charge in [-0.2, -0.15) is 35.1 Å². The zero-order valence-electron chi connectivity index (χ0n) is 16.9. The normalized spacial score (nSPS) is 12.6. The molecule has 0 amide bonds. The Bertz CT molecular complexity index is 1370. The first-order valence-corrected chi connectivity index (χ1v) is 12.1. The van der Waals surface area contributed by atoms with E-state index in [9.17, 15) is 30.0 Å². The van der Waals surface area contributed by atoms with Crippen LogP contribution in [0.2, 0.25) is 0 Å². The van der Waals surface area contributed by atoms with Crippen LogP contribution in [0.25, 0.3) is 0 Å². The smallest absolute Gasteiger partial charge is 0.379 e. The van der Waals surface area contributed by atoms with Crippen LogP contribution in [0.3, 0.4) is 0 Å². The van der Waals surface area contributed by atoms with Gasteiger partial charge in [-0.05, 0) is 49.4 Å². The number of para-hydroxylation sites is 1. The molecule has 3 rings (SSSR count). The SMILES string of the molecule is Cc1ccc(S(=O)(=O)N/N=C/c2cc(C(F)(F)F)ccc2S(=O)(=O)Oc2ccccc2)cc1. The second-order valence-corrected chi connectivity index (χ2v) is 9.94. The van der Waals surface area contributed by atoms with Gasteiger partial charge in [0.2, 0.25) is 0 Å². The third-order valence-electron chi connectivity index (χ3n) is 4.26. The first kappa shape index (κ1) is 24.3. The van der Waals surface area contributed by atoms with Crippen LogP contribution >= 0.6 is 0 Å². The minimum absolute atomic E-state index is 0.0552. The highest BCUT2D eigenvalue weighted by atomic mass is 32.2. The number of benzene rings is 3. The van der Waals surface area contributed by atoms with Crippen LogP contribution in [0, 0.1) is 6.92 Å². The van der Waals surface area contributed by atoms with E-state index in [2.05, 4.69) is 5.10 Å². The zero-order valence-corrected chi connectivity index (χ0v) is 18.6. The van der Waals surface area contributed by atoms with Crippen LogP contribution in [0.5, 0.6) is 5.75 Å². The maximum Gasteiger partial charge on any atom is 0.416 e. The molecule has 0 aliphatic heterocycles. The number of hydrogen-bond donors (Lipinski definition) is 1. The maximum atomic E-state index is 13.2. The molecule has 174 valence electrons. The molecular weight excluding hydrogens is 481 g/mol. The van der Waals surface area contributed by atoms with E-state index in [4.69, 9.17) is 4.18 Å². The minimum Gasteiger partial charge on any atom is -0.379 e. The number of hydrazone groups is 1. The van der Waals surface area contributed by atoms with Crippen LogP contribution in [-0.4, -0.2) is 23.1 Å². The van der Waals surface area contributed by atoms with E-state index in [1.807, 2.05) is 4.83 Å². The van der Waals surface area contributed by atoms with Crippen LogP contribution < -0.4 is 9.01 Å². The van der Waals surface area contributed by atoms with E-state index >= 15 is 0 Å². The van der Waals surface area contributed by atoms with Gasteiger partial charge in [0.1, 0.15) is 10.6 Å². The van der Waals surface area contributed by atoms with E-state index in [1.165, 1.54) is 36.4 Å². The molecule has 0 unspecified atom stereocenters. The summed E-state index contributed by atoms with van der Waals surface area (Å²) in [5.41, 5.74) is -0.856. The molecule has 0 saturated carbocycles. The summed E-state index contributed by atoms with van der Waals surface area (Å²) in [6.07, 6.45) is -4.10. The number of nitrogens with zero attached hydrogens (tertiary/aromatic N) is 1. The fourth-order valence-corrected chi connectivity index (χ4v) is 4.52. The minimum atomic E-state index is -4.77. The number of halogens is 3. The average molecular weight is 499 g/mol. The van der Waals surface area contributed by atoms with Gasteiger partial charge in [-0.3, -0.25) is 0 Å². The molecule has 0 atom stereocenters. The molecule has 0 aliphatic rings. The molecule has 0 aromatic heterocycles. The van der Waals surface area contributed by atoms with Crippen molar-refractivity contribution in [1.82, 2.24) is 4.83 Å². The van der Waals surface area contributed by atoms with E-state index in [-0.39, 0.29) is 10.6 Å². The number of hydrogen-bond acceptors (Lipinski definition) is 6. The van der Waals surface area contributed by atoms with Crippen LogP contribution in [0.4, 0.5) is 13.2 Å². The predicted molar refractivity (Wildman–Crippen MR) is 115 cm³/mol. The highest BCUT2D eigenvalue weighted by Crippen LogP contribution is 2.32. The predicted octanol–water partition coefficient (Wildman–Crippen LogP) is 4.09. The Morgan fingerprint density at radius 2 is 1.55 bits per heavy atom. The molecule has 12 heteroatoms. The summed E-state index contributed by atoms with van der Waals surface area (Å²) in [5, 5.41) is 3.47. The quantitative estimate of drug-likeness (QED) is 0.300. The van der Waals surface area contributed by atoms with Crippen molar-refractivity contribution >= 4 is 26.4 Å². The van der Waals surface area contributed by atoms with Crippen molar-refractivity contribution in [3.8, 4) is 5.75 Å². The molecule has 0 aliphatic carbocycles. The van der Waals surface area contributed by atoms with Crippen molar-refractivity contribution in [2.75, 3.05) is 0 Å². The van der Waals surface area contributed by atoms with Gasteiger partial charge >= 0.3 is 16.3 Å². The first-order chi connectivity index (χ1) is 15.4. The average Bonchev–Trinajstić information content (AvgIpc) is 2.73. The van der Waals surface area contributed by atoms with Gasteiger partial charge in [-0.1, -0.05) is 35.9 Å². The number of sulfonamides is 1. The van der Waals surface area contributed by atoms with Crippen molar-refractivity contribution in [1.29, 1.82) is 0 Å². The summed E-state index contributed by atoms with van der Waals surface area (Å²) in [7, 11) is -8.70. The Morgan fingerprint density at radius 1 is 0.909 bits per heavy atom. The summed E-state index contributed by atoms with van der Waals surface area (Å²) in [6.45, 7) is 1.76. The Morgan fingerprint density at radius 3 is 2.15 bits per heavy atom. The van der Waals surface area contributed by atoms with E-state index in [0.29, 0.717) is 18.3 Å². The molecule has 33 heavy (non-hydrogen) atoms. The molecule has 0 bridgehead atoms. The second kappa shape index (κ2) is 9.24. The van der Waals surface area contributed by atoms with E-state index < -0.39 is 42.3 Å². The van der Waals surface area contributed by atoms with Crippen molar-refractivity contribution < 1.29 is 34.2 Å². The molecular formula is C21H17F3N2O5S2.